The van der Waals surface area contributed by atoms with Crippen LogP contribution in [0.25, 0.3) is 0 Å². The minimum atomic E-state index is -0.682. The highest BCUT2D eigenvalue weighted by Gasteiger charge is 2.30. The summed E-state index contributed by atoms with van der Waals surface area (Å²) in [5, 5.41) is 2.93. The number of carbonyl (C=O) groups excluding carboxylic acids is 1. The van der Waals surface area contributed by atoms with Crippen molar-refractivity contribution in [3.8, 4) is 0 Å². The molecule has 1 aliphatic rings. The first-order valence-electron chi connectivity index (χ1n) is 6.31. The molecular formula is C12H25N3O. The van der Waals surface area contributed by atoms with Crippen molar-refractivity contribution in [2.24, 2.45) is 5.73 Å². The highest BCUT2D eigenvalue weighted by molar-refractivity contribution is 5.85. The van der Waals surface area contributed by atoms with Gasteiger partial charge in [-0.25, -0.2) is 0 Å². The summed E-state index contributed by atoms with van der Waals surface area (Å²) in [6, 6.07) is 0.747. The molecule has 1 rings (SSSR count). The lowest BCUT2D eigenvalue weighted by Gasteiger charge is -2.26. The van der Waals surface area contributed by atoms with E-state index in [9.17, 15) is 4.79 Å². The number of carbonyl (C=O) groups is 1. The molecule has 4 heteroatoms. The lowest BCUT2D eigenvalue weighted by atomic mass is 9.93. The van der Waals surface area contributed by atoms with Gasteiger partial charge in [0, 0.05) is 19.1 Å². The van der Waals surface area contributed by atoms with Crippen LogP contribution in [0.15, 0.2) is 0 Å². The molecule has 1 aliphatic carbocycles. The van der Waals surface area contributed by atoms with Gasteiger partial charge in [0.1, 0.15) is 0 Å². The van der Waals surface area contributed by atoms with Gasteiger partial charge >= 0.3 is 0 Å². The predicted octanol–water partition coefficient (Wildman–Crippen LogP) is 0.714. The summed E-state index contributed by atoms with van der Waals surface area (Å²) in [6.07, 6.45) is 3.98. The van der Waals surface area contributed by atoms with Crippen molar-refractivity contribution in [2.75, 3.05) is 20.1 Å². The lowest BCUT2D eigenvalue weighted by Crippen LogP contribution is -2.54. The second-order valence-electron chi connectivity index (χ2n) is 4.83. The fourth-order valence-electron chi connectivity index (χ4n) is 1.79. The standard InChI is InChI=1S/C12H25N3O/c1-4-12(13,5-2)11(16)14-8-9-15(3)10-6-7-10/h10H,4-9,13H2,1-3H3,(H,14,16). The molecule has 0 unspecified atom stereocenters. The molecule has 16 heavy (non-hydrogen) atoms. The van der Waals surface area contributed by atoms with Gasteiger partial charge in [-0.05, 0) is 32.7 Å². The topological polar surface area (TPSA) is 58.4 Å². The van der Waals surface area contributed by atoms with Gasteiger partial charge in [-0.15, -0.1) is 0 Å². The number of nitrogens with one attached hydrogen (secondary N) is 1. The van der Waals surface area contributed by atoms with Crippen LogP contribution in [-0.4, -0.2) is 42.5 Å². The number of hydrogen-bond donors (Lipinski definition) is 2. The Hall–Kier alpha value is -0.610. The zero-order chi connectivity index (χ0) is 12.2. The number of hydrogen-bond acceptors (Lipinski definition) is 3. The van der Waals surface area contributed by atoms with Crippen molar-refractivity contribution >= 4 is 5.91 Å². The van der Waals surface area contributed by atoms with Crippen molar-refractivity contribution in [3.63, 3.8) is 0 Å². The number of nitrogens with two attached hydrogens (primary N) is 1. The van der Waals surface area contributed by atoms with E-state index in [1.807, 2.05) is 13.8 Å². The lowest BCUT2D eigenvalue weighted by molar-refractivity contribution is -0.126. The molecule has 4 nitrogen and oxygen atoms in total. The summed E-state index contributed by atoms with van der Waals surface area (Å²) < 4.78 is 0. The van der Waals surface area contributed by atoms with Gasteiger partial charge < -0.3 is 16.0 Å². The molecule has 0 atom stereocenters. The van der Waals surface area contributed by atoms with Crippen molar-refractivity contribution in [1.82, 2.24) is 10.2 Å². The molecular weight excluding hydrogens is 202 g/mol. The van der Waals surface area contributed by atoms with E-state index in [2.05, 4.69) is 17.3 Å². The molecule has 0 heterocycles. The Bertz CT molecular complexity index is 234. The minimum absolute atomic E-state index is 0.0123. The molecule has 0 aromatic rings. The molecule has 0 aromatic carbocycles. The molecule has 94 valence electrons. The third-order valence-corrected chi connectivity index (χ3v) is 3.63. The van der Waals surface area contributed by atoms with Crippen LogP contribution in [0.1, 0.15) is 39.5 Å². The smallest absolute Gasteiger partial charge is 0.240 e. The van der Waals surface area contributed by atoms with E-state index in [0.717, 1.165) is 12.6 Å². The van der Waals surface area contributed by atoms with E-state index in [4.69, 9.17) is 5.73 Å². The van der Waals surface area contributed by atoms with Gasteiger partial charge in [-0.1, -0.05) is 13.8 Å². The predicted molar refractivity (Wildman–Crippen MR) is 66.2 cm³/mol. The zero-order valence-corrected chi connectivity index (χ0v) is 10.8. The average molecular weight is 227 g/mol. The van der Waals surface area contributed by atoms with Gasteiger partial charge in [0.2, 0.25) is 5.91 Å². The Balaban J connectivity index is 2.23. The Kier molecular flexibility index (Phi) is 4.74. The SMILES string of the molecule is CCC(N)(CC)C(=O)NCCN(C)C1CC1. The minimum Gasteiger partial charge on any atom is -0.353 e. The molecule has 0 aliphatic heterocycles. The van der Waals surface area contributed by atoms with Gasteiger partial charge in [-0.2, -0.15) is 0 Å². The Morgan fingerprint density at radius 2 is 2.00 bits per heavy atom. The van der Waals surface area contributed by atoms with Gasteiger partial charge in [0.15, 0.2) is 0 Å². The van der Waals surface area contributed by atoms with Gasteiger partial charge in [0.05, 0.1) is 5.54 Å². The number of amides is 1. The summed E-state index contributed by atoms with van der Waals surface area (Å²) in [5.41, 5.74) is 5.32. The van der Waals surface area contributed by atoms with Crippen molar-refractivity contribution in [2.45, 2.75) is 51.1 Å². The van der Waals surface area contributed by atoms with Crippen LogP contribution in [0.2, 0.25) is 0 Å². The third-order valence-electron chi connectivity index (χ3n) is 3.63. The van der Waals surface area contributed by atoms with Crippen molar-refractivity contribution in [3.05, 3.63) is 0 Å². The average Bonchev–Trinajstić information content (AvgIpc) is 3.11. The van der Waals surface area contributed by atoms with Crippen LogP contribution in [0.5, 0.6) is 0 Å². The maximum atomic E-state index is 11.8. The molecule has 1 amide bonds. The van der Waals surface area contributed by atoms with E-state index >= 15 is 0 Å². The number of likely N-dealkylation sites (N-methyl/N-ethyl adjacent to an activating group) is 1. The number of rotatable bonds is 7. The maximum Gasteiger partial charge on any atom is 0.240 e. The summed E-state index contributed by atoms with van der Waals surface area (Å²) in [4.78, 5) is 14.1. The summed E-state index contributed by atoms with van der Waals surface area (Å²) in [6.45, 7) is 5.53. The summed E-state index contributed by atoms with van der Waals surface area (Å²) in [7, 11) is 2.11. The molecule has 1 fully saturated rings. The highest BCUT2D eigenvalue weighted by atomic mass is 16.2. The quantitative estimate of drug-likeness (QED) is 0.673. The molecule has 0 radical (unpaired) electrons. The van der Waals surface area contributed by atoms with Gasteiger partial charge in [0.25, 0.3) is 0 Å². The van der Waals surface area contributed by atoms with E-state index < -0.39 is 5.54 Å². The van der Waals surface area contributed by atoms with Crippen LogP contribution in [0.3, 0.4) is 0 Å². The number of nitrogens with zero attached hydrogens (tertiary/aromatic N) is 1. The molecule has 0 saturated heterocycles. The van der Waals surface area contributed by atoms with Crippen LogP contribution >= 0.6 is 0 Å². The maximum absolute atomic E-state index is 11.8. The first-order chi connectivity index (χ1) is 7.53. The first kappa shape index (κ1) is 13.5. The normalized spacial score (nSPS) is 16.6. The van der Waals surface area contributed by atoms with Gasteiger partial charge in [-0.3, -0.25) is 4.79 Å². The monoisotopic (exact) mass is 227 g/mol. The van der Waals surface area contributed by atoms with Crippen LogP contribution in [-0.2, 0) is 4.79 Å². The Morgan fingerprint density at radius 3 is 2.44 bits per heavy atom. The second kappa shape index (κ2) is 5.64. The fraction of sp³-hybridized carbons (Fsp3) is 0.917. The largest absolute Gasteiger partial charge is 0.353 e. The second-order valence-corrected chi connectivity index (χ2v) is 4.83. The summed E-state index contributed by atoms with van der Waals surface area (Å²) >= 11 is 0. The molecule has 0 spiro atoms. The zero-order valence-electron chi connectivity index (χ0n) is 10.8. The van der Waals surface area contributed by atoms with Crippen molar-refractivity contribution in [1.29, 1.82) is 0 Å². The molecule has 0 bridgehead atoms. The third kappa shape index (κ3) is 3.46. The van der Waals surface area contributed by atoms with Crippen LogP contribution in [0.4, 0.5) is 0 Å². The summed E-state index contributed by atoms with van der Waals surface area (Å²) in [5.74, 6) is -0.0123. The Labute approximate surface area is 98.6 Å². The highest BCUT2D eigenvalue weighted by Crippen LogP contribution is 2.24. The van der Waals surface area contributed by atoms with E-state index in [1.54, 1.807) is 0 Å². The first-order valence-corrected chi connectivity index (χ1v) is 6.31. The van der Waals surface area contributed by atoms with E-state index in [0.29, 0.717) is 19.4 Å². The van der Waals surface area contributed by atoms with E-state index in [1.165, 1.54) is 12.8 Å². The molecule has 0 aromatic heterocycles. The fourth-order valence-corrected chi connectivity index (χ4v) is 1.79. The van der Waals surface area contributed by atoms with Crippen molar-refractivity contribution < 1.29 is 4.79 Å². The molecule has 1 saturated carbocycles. The Morgan fingerprint density at radius 1 is 1.44 bits per heavy atom. The molecule has 3 N–H and O–H groups in total. The van der Waals surface area contributed by atoms with E-state index in [-0.39, 0.29) is 5.91 Å². The van der Waals surface area contributed by atoms with Crippen LogP contribution < -0.4 is 11.1 Å². The van der Waals surface area contributed by atoms with Crippen LogP contribution in [0, 0.1) is 0 Å².